The molecule has 1 aromatic rings. The van der Waals surface area contributed by atoms with Gasteiger partial charge in [0.2, 0.25) is 0 Å². The van der Waals surface area contributed by atoms with Crippen LogP contribution >= 0.6 is 0 Å². The summed E-state index contributed by atoms with van der Waals surface area (Å²) in [6, 6.07) is 4.21. The van der Waals surface area contributed by atoms with Gasteiger partial charge in [0.15, 0.2) is 11.5 Å². The molecule has 0 radical (unpaired) electrons. The third kappa shape index (κ3) is 2.93. The predicted octanol–water partition coefficient (Wildman–Crippen LogP) is 2.03. The van der Waals surface area contributed by atoms with E-state index in [0.717, 1.165) is 37.9 Å². The fourth-order valence-electron chi connectivity index (χ4n) is 2.91. The maximum absolute atomic E-state index is 9.01. The maximum atomic E-state index is 9.01. The third-order valence-corrected chi connectivity index (χ3v) is 3.91. The van der Waals surface area contributed by atoms with Crippen molar-refractivity contribution in [2.24, 2.45) is 0 Å². The van der Waals surface area contributed by atoms with Crippen molar-refractivity contribution >= 4 is 11.4 Å². The van der Waals surface area contributed by atoms with Gasteiger partial charge in [-0.15, -0.1) is 0 Å². The molecule has 1 unspecified atom stereocenters. The Hall–Kier alpha value is -1.62. The average Bonchev–Trinajstić information content (AvgIpc) is 2.92. The molecule has 5 heteroatoms. The van der Waals surface area contributed by atoms with Crippen LogP contribution in [-0.4, -0.2) is 38.5 Å². The average molecular weight is 280 g/mol. The third-order valence-electron chi connectivity index (χ3n) is 3.91. The SMILES string of the molecule is COc1cc(N)c(N2CCCC2CCCO)cc1OC. The number of rotatable bonds is 6. The van der Waals surface area contributed by atoms with Crippen molar-refractivity contribution in [3.8, 4) is 11.5 Å². The first kappa shape index (κ1) is 14.8. The van der Waals surface area contributed by atoms with E-state index >= 15 is 0 Å². The zero-order valence-corrected chi connectivity index (χ0v) is 12.3. The molecule has 0 aromatic heterocycles. The summed E-state index contributed by atoms with van der Waals surface area (Å²) in [5, 5.41) is 9.01. The van der Waals surface area contributed by atoms with E-state index in [1.54, 1.807) is 14.2 Å². The lowest BCUT2D eigenvalue weighted by molar-refractivity contribution is 0.279. The number of nitrogens with two attached hydrogens (primary N) is 1. The first-order valence-electron chi connectivity index (χ1n) is 7.10. The van der Waals surface area contributed by atoms with Gasteiger partial charge in [-0.1, -0.05) is 0 Å². The molecule has 0 saturated carbocycles. The summed E-state index contributed by atoms with van der Waals surface area (Å²) in [7, 11) is 3.24. The van der Waals surface area contributed by atoms with E-state index < -0.39 is 0 Å². The topological polar surface area (TPSA) is 68.0 Å². The van der Waals surface area contributed by atoms with Gasteiger partial charge in [-0.05, 0) is 25.7 Å². The van der Waals surface area contributed by atoms with Crippen molar-refractivity contribution in [3.05, 3.63) is 12.1 Å². The summed E-state index contributed by atoms with van der Waals surface area (Å²) in [6.07, 6.45) is 4.12. The molecule has 0 bridgehead atoms. The Bertz CT molecular complexity index is 451. The van der Waals surface area contributed by atoms with Crippen LogP contribution in [0.3, 0.4) is 0 Å². The standard InChI is InChI=1S/C15H24N2O3/c1-19-14-9-12(16)13(10-15(14)20-2)17-7-3-5-11(17)6-4-8-18/h9-11,18H,3-8,16H2,1-2H3. The second-order valence-electron chi connectivity index (χ2n) is 5.12. The van der Waals surface area contributed by atoms with Crippen LogP contribution in [0.1, 0.15) is 25.7 Å². The van der Waals surface area contributed by atoms with Crippen LogP contribution in [0.5, 0.6) is 11.5 Å². The van der Waals surface area contributed by atoms with Gasteiger partial charge < -0.3 is 25.2 Å². The van der Waals surface area contributed by atoms with E-state index in [4.69, 9.17) is 20.3 Å². The number of anilines is 2. The van der Waals surface area contributed by atoms with Crippen LogP contribution in [0.4, 0.5) is 11.4 Å². The van der Waals surface area contributed by atoms with Crippen LogP contribution in [0.2, 0.25) is 0 Å². The maximum Gasteiger partial charge on any atom is 0.162 e. The molecule has 112 valence electrons. The van der Waals surface area contributed by atoms with Crippen molar-refractivity contribution in [2.45, 2.75) is 31.7 Å². The predicted molar refractivity (Wildman–Crippen MR) is 80.6 cm³/mol. The Morgan fingerprint density at radius 3 is 2.65 bits per heavy atom. The monoisotopic (exact) mass is 280 g/mol. The Kier molecular flexibility index (Phi) is 4.95. The van der Waals surface area contributed by atoms with Gasteiger partial charge in [-0.3, -0.25) is 0 Å². The van der Waals surface area contributed by atoms with Crippen molar-refractivity contribution in [3.63, 3.8) is 0 Å². The second kappa shape index (κ2) is 6.70. The van der Waals surface area contributed by atoms with Gasteiger partial charge in [0, 0.05) is 31.3 Å². The number of aliphatic hydroxyl groups excluding tert-OH is 1. The fourth-order valence-corrected chi connectivity index (χ4v) is 2.91. The Balaban J connectivity index is 2.26. The highest BCUT2D eigenvalue weighted by molar-refractivity contribution is 5.73. The highest BCUT2D eigenvalue weighted by atomic mass is 16.5. The number of methoxy groups -OCH3 is 2. The van der Waals surface area contributed by atoms with Gasteiger partial charge in [-0.25, -0.2) is 0 Å². The molecule has 0 aliphatic carbocycles. The van der Waals surface area contributed by atoms with Gasteiger partial charge in [0.1, 0.15) is 0 Å². The number of nitrogens with zero attached hydrogens (tertiary/aromatic N) is 1. The highest BCUT2D eigenvalue weighted by Gasteiger charge is 2.26. The van der Waals surface area contributed by atoms with E-state index in [0.29, 0.717) is 23.2 Å². The van der Waals surface area contributed by atoms with Crippen LogP contribution in [0.25, 0.3) is 0 Å². The molecule has 1 fully saturated rings. The number of hydrogen-bond acceptors (Lipinski definition) is 5. The molecule has 20 heavy (non-hydrogen) atoms. The Labute approximate surface area is 120 Å². The summed E-state index contributed by atoms with van der Waals surface area (Å²) in [6.45, 7) is 1.24. The summed E-state index contributed by atoms with van der Waals surface area (Å²) in [5.74, 6) is 1.35. The molecule has 0 spiro atoms. The lowest BCUT2D eigenvalue weighted by Crippen LogP contribution is -2.30. The molecule has 1 saturated heterocycles. The molecular formula is C15H24N2O3. The molecular weight excluding hydrogens is 256 g/mol. The minimum Gasteiger partial charge on any atom is -0.493 e. The Morgan fingerprint density at radius 1 is 1.30 bits per heavy atom. The molecule has 2 rings (SSSR count). The quantitative estimate of drug-likeness (QED) is 0.780. The summed E-state index contributed by atoms with van der Waals surface area (Å²) in [4.78, 5) is 2.33. The van der Waals surface area contributed by atoms with Crippen LogP contribution < -0.4 is 20.1 Å². The number of ether oxygens (including phenoxy) is 2. The highest BCUT2D eigenvalue weighted by Crippen LogP contribution is 2.39. The van der Waals surface area contributed by atoms with E-state index in [1.165, 1.54) is 0 Å². The van der Waals surface area contributed by atoms with Crippen molar-refractivity contribution < 1.29 is 14.6 Å². The fraction of sp³-hybridized carbons (Fsp3) is 0.600. The van der Waals surface area contributed by atoms with Gasteiger partial charge in [-0.2, -0.15) is 0 Å². The molecule has 3 N–H and O–H groups in total. The van der Waals surface area contributed by atoms with Crippen molar-refractivity contribution in [2.75, 3.05) is 38.0 Å². The lowest BCUT2D eigenvalue weighted by Gasteiger charge is -2.28. The summed E-state index contributed by atoms with van der Waals surface area (Å²) in [5.41, 5.74) is 7.87. The van der Waals surface area contributed by atoms with Gasteiger partial charge in [0.05, 0.1) is 25.6 Å². The van der Waals surface area contributed by atoms with Crippen molar-refractivity contribution in [1.29, 1.82) is 0 Å². The number of benzene rings is 1. The first-order chi connectivity index (χ1) is 9.71. The number of aliphatic hydroxyl groups is 1. The molecule has 1 aliphatic heterocycles. The number of hydrogen-bond donors (Lipinski definition) is 2. The molecule has 1 heterocycles. The van der Waals surface area contributed by atoms with Gasteiger partial charge >= 0.3 is 0 Å². The smallest absolute Gasteiger partial charge is 0.162 e. The second-order valence-corrected chi connectivity index (χ2v) is 5.12. The zero-order chi connectivity index (χ0) is 14.5. The van der Waals surface area contributed by atoms with Crippen LogP contribution in [0, 0.1) is 0 Å². The van der Waals surface area contributed by atoms with E-state index in [2.05, 4.69) is 4.90 Å². The minimum atomic E-state index is 0.242. The summed E-state index contributed by atoms with van der Waals surface area (Å²) >= 11 is 0. The molecule has 1 atom stereocenters. The molecule has 1 aliphatic rings. The molecule has 5 nitrogen and oxygen atoms in total. The minimum absolute atomic E-state index is 0.242. The van der Waals surface area contributed by atoms with Crippen LogP contribution in [0.15, 0.2) is 12.1 Å². The molecule has 0 amide bonds. The first-order valence-corrected chi connectivity index (χ1v) is 7.10. The van der Waals surface area contributed by atoms with E-state index in [1.807, 2.05) is 12.1 Å². The largest absolute Gasteiger partial charge is 0.493 e. The normalized spacial score (nSPS) is 18.4. The number of nitrogen functional groups attached to an aromatic ring is 1. The van der Waals surface area contributed by atoms with E-state index in [9.17, 15) is 0 Å². The van der Waals surface area contributed by atoms with Gasteiger partial charge in [0.25, 0.3) is 0 Å². The lowest BCUT2D eigenvalue weighted by atomic mass is 10.1. The Morgan fingerprint density at radius 2 is 2.00 bits per heavy atom. The van der Waals surface area contributed by atoms with Crippen LogP contribution in [-0.2, 0) is 0 Å². The summed E-state index contributed by atoms with van der Waals surface area (Å²) < 4.78 is 10.6. The van der Waals surface area contributed by atoms with Crippen molar-refractivity contribution in [1.82, 2.24) is 0 Å². The molecule has 1 aromatic carbocycles. The zero-order valence-electron chi connectivity index (χ0n) is 12.3. The van der Waals surface area contributed by atoms with E-state index in [-0.39, 0.29) is 6.61 Å².